The molecule has 0 fully saturated rings. The number of rotatable bonds is 3. The summed E-state index contributed by atoms with van der Waals surface area (Å²) in [5.41, 5.74) is 3.55. The van der Waals surface area contributed by atoms with Crippen LogP contribution in [0.25, 0.3) is 0 Å². The van der Waals surface area contributed by atoms with E-state index in [9.17, 15) is 4.79 Å². The van der Waals surface area contributed by atoms with Gasteiger partial charge in [-0.3, -0.25) is 4.79 Å². The molecule has 96 valence electrons. The van der Waals surface area contributed by atoms with Gasteiger partial charge in [0.25, 0.3) is 5.91 Å². The van der Waals surface area contributed by atoms with Crippen LogP contribution in [0.15, 0.2) is 52.2 Å². The van der Waals surface area contributed by atoms with Gasteiger partial charge in [-0.1, -0.05) is 39.7 Å². The Morgan fingerprint density at radius 3 is 2.95 bits per heavy atom. The van der Waals surface area contributed by atoms with Gasteiger partial charge in [-0.15, -0.1) is 0 Å². The molecule has 1 N–H and O–H groups in total. The fraction of sp³-hybridized carbons (Fsp3) is 0. The lowest BCUT2D eigenvalue weighted by atomic mass is 10.2. The summed E-state index contributed by atoms with van der Waals surface area (Å²) in [6.07, 6.45) is 3.07. The number of halogens is 2. The van der Waals surface area contributed by atoms with Crippen LogP contribution < -0.4 is 5.43 Å². The number of benzene rings is 1. The zero-order chi connectivity index (χ0) is 13.7. The van der Waals surface area contributed by atoms with Gasteiger partial charge in [0, 0.05) is 10.7 Å². The maximum Gasteiger partial charge on any atom is 0.274 e. The summed E-state index contributed by atoms with van der Waals surface area (Å²) in [6, 6.07) is 10.8. The van der Waals surface area contributed by atoms with E-state index in [4.69, 9.17) is 11.6 Å². The Labute approximate surface area is 123 Å². The normalized spacial score (nSPS) is 10.6. The lowest BCUT2D eigenvalue weighted by molar-refractivity contribution is 0.0955. The summed E-state index contributed by atoms with van der Waals surface area (Å²) < 4.78 is 0.943. The number of hydrogen-bond donors (Lipinski definition) is 1. The fourth-order valence-electron chi connectivity index (χ4n) is 1.37. The van der Waals surface area contributed by atoms with Crippen molar-refractivity contribution in [2.75, 3.05) is 0 Å². The highest BCUT2D eigenvalue weighted by molar-refractivity contribution is 9.10. The molecule has 19 heavy (non-hydrogen) atoms. The predicted molar refractivity (Wildman–Crippen MR) is 78.4 cm³/mol. The second-order valence-corrected chi connectivity index (χ2v) is 4.87. The lowest BCUT2D eigenvalue weighted by Crippen LogP contribution is -2.18. The molecule has 0 radical (unpaired) electrons. The molecule has 6 heteroatoms. The second kappa shape index (κ2) is 6.45. The monoisotopic (exact) mass is 337 g/mol. The smallest absolute Gasteiger partial charge is 0.267 e. The first-order valence-electron chi connectivity index (χ1n) is 5.36. The van der Waals surface area contributed by atoms with Gasteiger partial charge in [-0.05, 0) is 29.8 Å². The van der Waals surface area contributed by atoms with Crippen molar-refractivity contribution in [2.24, 2.45) is 5.10 Å². The summed E-state index contributed by atoms with van der Waals surface area (Å²) in [5.74, 6) is -0.399. The zero-order valence-corrected chi connectivity index (χ0v) is 12.0. The number of nitrogens with one attached hydrogen (secondary N) is 1. The Morgan fingerprint density at radius 2 is 2.21 bits per heavy atom. The van der Waals surface area contributed by atoms with E-state index in [-0.39, 0.29) is 10.7 Å². The van der Waals surface area contributed by atoms with Gasteiger partial charge in [-0.2, -0.15) is 5.10 Å². The Hall–Kier alpha value is -1.72. The minimum Gasteiger partial charge on any atom is -0.267 e. The largest absolute Gasteiger partial charge is 0.274 e. The van der Waals surface area contributed by atoms with Crippen molar-refractivity contribution in [2.45, 2.75) is 0 Å². The third-order valence-corrected chi connectivity index (χ3v) is 3.03. The lowest BCUT2D eigenvalue weighted by Gasteiger charge is -2.00. The molecule has 1 heterocycles. The standard InChI is InChI=1S/C13H9BrClN3O/c14-10-4-1-3-9(7-10)8-17-18-13(19)11-5-2-6-16-12(11)15/h1-8H,(H,18,19). The average Bonchev–Trinajstić information content (AvgIpc) is 2.39. The van der Waals surface area contributed by atoms with Gasteiger partial charge >= 0.3 is 0 Å². The van der Waals surface area contributed by atoms with Crippen LogP contribution in [0.5, 0.6) is 0 Å². The van der Waals surface area contributed by atoms with E-state index in [1.165, 1.54) is 6.20 Å². The molecule has 1 aromatic carbocycles. The number of aromatic nitrogens is 1. The summed E-state index contributed by atoms with van der Waals surface area (Å²) in [4.78, 5) is 15.6. The number of carbonyl (C=O) groups is 1. The molecule has 1 amide bonds. The molecule has 0 atom stereocenters. The number of hydrazone groups is 1. The van der Waals surface area contributed by atoms with Gasteiger partial charge in [0.15, 0.2) is 0 Å². The molecule has 0 unspecified atom stereocenters. The number of carbonyl (C=O) groups excluding carboxylic acids is 1. The molecule has 2 rings (SSSR count). The Kier molecular flexibility index (Phi) is 4.65. The molecular weight excluding hydrogens is 330 g/mol. The minimum atomic E-state index is -0.399. The first-order valence-corrected chi connectivity index (χ1v) is 6.53. The summed E-state index contributed by atoms with van der Waals surface area (Å²) in [7, 11) is 0. The number of nitrogens with zero attached hydrogens (tertiary/aromatic N) is 2. The third-order valence-electron chi connectivity index (χ3n) is 2.23. The van der Waals surface area contributed by atoms with Gasteiger partial charge < -0.3 is 0 Å². The van der Waals surface area contributed by atoms with Crippen LogP contribution >= 0.6 is 27.5 Å². The third kappa shape index (κ3) is 3.87. The van der Waals surface area contributed by atoms with Crippen LogP contribution in [-0.2, 0) is 0 Å². The zero-order valence-electron chi connectivity index (χ0n) is 9.68. The molecule has 0 bridgehead atoms. The molecule has 4 nitrogen and oxygen atoms in total. The number of pyridine rings is 1. The van der Waals surface area contributed by atoms with E-state index in [1.807, 2.05) is 24.3 Å². The van der Waals surface area contributed by atoms with Gasteiger partial charge in [-0.25, -0.2) is 10.4 Å². The Balaban J connectivity index is 2.03. The van der Waals surface area contributed by atoms with Crippen LogP contribution in [0, 0.1) is 0 Å². The van der Waals surface area contributed by atoms with Gasteiger partial charge in [0.05, 0.1) is 11.8 Å². The molecule has 0 aliphatic rings. The van der Waals surface area contributed by atoms with E-state index in [0.29, 0.717) is 0 Å². The number of amides is 1. The molecular formula is C13H9BrClN3O. The van der Waals surface area contributed by atoms with Gasteiger partial charge in [0.1, 0.15) is 5.15 Å². The molecule has 0 saturated heterocycles. The van der Waals surface area contributed by atoms with Crippen LogP contribution in [0.1, 0.15) is 15.9 Å². The van der Waals surface area contributed by atoms with Crippen LogP contribution in [0.2, 0.25) is 5.15 Å². The average molecular weight is 339 g/mol. The van der Waals surface area contributed by atoms with Crippen molar-refractivity contribution in [3.05, 3.63) is 63.3 Å². The Morgan fingerprint density at radius 1 is 1.37 bits per heavy atom. The van der Waals surface area contributed by atoms with Crippen LogP contribution in [0.3, 0.4) is 0 Å². The second-order valence-electron chi connectivity index (χ2n) is 3.60. The quantitative estimate of drug-likeness (QED) is 0.530. The van der Waals surface area contributed by atoms with Crippen molar-refractivity contribution >= 4 is 39.7 Å². The maximum absolute atomic E-state index is 11.8. The van der Waals surface area contributed by atoms with Crippen LogP contribution in [-0.4, -0.2) is 17.1 Å². The Bertz CT molecular complexity index is 631. The fourth-order valence-corrected chi connectivity index (χ4v) is 1.99. The van der Waals surface area contributed by atoms with Crippen LogP contribution in [0.4, 0.5) is 0 Å². The van der Waals surface area contributed by atoms with Crippen molar-refractivity contribution in [3.63, 3.8) is 0 Å². The van der Waals surface area contributed by atoms with Crippen molar-refractivity contribution in [1.82, 2.24) is 10.4 Å². The van der Waals surface area contributed by atoms with E-state index in [1.54, 1.807) is 18.3 Å². The van der Waals surface area contributed by atoms with E-state index < -0.39 is 5.91 Å². The molecule has 0 aliphatic heterocycles. The summed E-state index contributed by atoms with van der Waals surface area (Å²) >= 11 is 9.16. The number of hydrogen-bond acceptors (Lipinski definition) is 3. The predicted octanol–water partition coefficient (Wildman–Crippen LogP) is 3.26. The molecule has 2 aromatic rings. The molecule has 0 spiro atoms. The molecule has 0 aliphatic carbocycles. The SMILES string of the molecule is O=C(NN=Cc1cccc(Br)c1)c1cccnc1Cl. The topological polar surface area (TPSA) is 54.4 Å². The van der Waals surface area contributed by atoms with E-state index in [0.717, 1.165) is 10.0 Å². The highest BCUT2D eigenvalue weighted by Crippen LogP contribution is 2.11. The van der Waals surface area contributed by atoms with Gasteiger partial charge in [0.2, 0.25) is 0 Å². The van der Waals surface area contributed by atoms with E-state index >= 15 is 0 Å². The van der Waals surface area contributed by atoms with Crippen molar-refractivity contribution in [1.29, 1.82) is 0 Å². The van der Waals surface area contributed by atoms with Crippen molar-refractivity contribution in [3.8, 4) is 0 Å². The molecule has 1 aromatic heterocycles. The first-order chi connectivity index (χ1) is 9.16. The highest BCUT2D eigenvalue weighted by Gasteiger charge is 2.08. The molecule has 0 saturated carbocycles. The highest BCUT2D eigenvalue weighted by atomic mass is 79.9. The van der Waals surface area contributed by atoms with Crippen molar-refractivity contribution < 1.29 is 4.79 Å². The minimum absolute atomic E-state index is 0.151. The maximum atomic E-state index is 11.8. The summed E-state index contributed by atoms with van der Waals surface area (Å²) in [6.45, 7) is 0. The first kappa shape index (κ1) is 13.7. The summed E-state index contributed by atoms with van der Waals surface area (Å²) in [5, 5.41) is 4.02. The van der Waals surface area contributed by atoms with E-state index in [2.05, 4.69) is 31.4 Å².